The number of nitrogens with zero attached hydrogens (tertiary/aromatic N) is 1. The van der Waals surface area contributed by atoms with E-state index in [9.17, 15) is 10.1 Å². The van der Waals surface area contributed by atoms with Gasteiger partial charge in [-0.1, -0.05) is 39.7 Å². The van der Waals surface area contributed by atoms with Crippen LogP contribution < -0.4 is 0 Å². The van der Waals surface area contributed by atoms with Crippen molar-refractivity contribution in [3.05, 3.63) is 68.7 Å². The second-order valence-corrected chi connectivity index (χ2v) is 5.79. The lowest BCUT2D eigenvalue weighted by atomic mass is 9.90. The van der Waals surface area contributed by atoms with Crippen LogP contribution in [0.5, 0.6) is 0 Å². The predicted octanol–water partition coefficient (Wildman–Crippen LogP) is 4.90. The molecule has 0 radical (unpaired) electrons. The topological polar surface area (TPSA) is 40.9 Å². The number of hydrogen-bond donors (Lipinski definition) is 0. The summed E-state index contributed by atoms with van der Waals surface area (Å²) < 4.78 is 0.910. The summed E-state index contributed by atoms with van der Waals surface area (Å²) in [6.45, 7) is 1.81. The standard InChI is InChI=1S/C16H11BrClNO/c1-10-8-13(18)6-7-14(10)16(20)15(9-19)11-2-4-12(17)5-3-11/h2-8,15H,1H3. The van der Waals surface area contributed by atoms with Gasteiger partial charge in [0.2, 0.25) is 0 Å². The number of hydrogen-bond acceptors (Lipinski definition) is 2. The van der Waals surface area contributed by atoms with Crippen LogP contribution in [0.4, 0.5) is 0 Å². The molecule has 0 aliphatic rings. The number of Topliss-reactive ketones (excluding diaryl/α,β-unsaturated/α-hetero) is 1. The Balaban J connectivity index is 2.39. The van der Waals surface area contributed by atoms with Gasteiger partial charge in [0.05, 0.1) is 6.07 Å². The van der Waals surface area contributed by atoms with Gasteiger partial charge in [0.1, 0.15) is 5.92 Å². The first-order valence-corrected chi connectivity index (χ1v) is 7.15. The smallest absolute Gasteiger partial charge is 0.184 e. The first kappa shape index (κ1) is 14.8. The van der Waals surface area contributed by atoms with Crippen LogP contribution >= 0.6 is 27.5 Å². The van der Waals surface area contributed by atoms with E-state index in [2.05, 4.69) is 22.0 Å². The van der Waals surface area contributed by atoms with E-state index in [1.54, 1.807) is 30.3 Å². The van der Waals surface area contributed by atoms with E-state index in [-0.39, 0.29) is 5.78 Å². The van der Waals surface area contributed by atoms with Crippen molar-refractivity contribution in [3.8, 4) is 6.07 Å². The van der Waals surface area contributed by atoms with Gasteiger partial charge in [-0.25, -0.2) is 0 Å². The van der Waals surface area contributed by atoms with Crippen molar-refractivity contribution < 1.29 is 4.79 Å². The molecular formula is C16H11BrClNO. The Morgan fingerprint density at radius 1 is 1.25 bits per heavy atom. The number of halogens is 2. The lowest BCUT2D eigenvalue weighted by Gasteiger charge is -2.11. The van der Waals surface area contributed by atoms with Crippen LogP contribution in [0.2, 0.25) is 5.02 Å². The fourth-order valence-corrected chi connectivity index (χ4v) is 2.49. The van der Waals surface area contributed by atoms with Gasteiger partial charge in [0, 0.05) is 15.1 Å². The lowest BCUT2D eigenvalue weighted by molar-refractivity contribution is 0.0978. The van der Waals surface area contributed by atoms with Crippen molar-refractivity contribution in [2.24, 2.45) is 0 Å². The molecule has 4 heteroatoms. The predicted molar refractivity (Wildman–Crippen MR) is 83.0 cm³/mol. The quantitative estimate of drug-likeness (QED) is 0.740. The molecule has 0 bridgehead atoms. The lowest BCUT2D eigenvalue weighted by Crippen LogP contribution is -2.12. The first-order chi connectivity index (χ1) is 9.52. The second kappa shape index (κ2) is 6.21. The van der Waals surface area contributed by atoms with Gasteiger partial charge in [-0.15, -0.1) is 0 Å². The molecule has 1 unspecified atom stereocenters. The summed E-state index contributed by atoms with van der Waals surface area (Å²) in [5, 5.41) is 9.90. The SMILES string of the molecule is Cc1cc(Cl)ccc1C(=O)C(C#N)c1ccc(Br)cc1. The van der Waals surface area contributed by atoms with Crippen molar-refractivity contribution in [1.29, 1.82) is 5.26 Å². The van der Waals surface area contributed by atoms with Gasteiger partial charge in [0.25, 0.3) is 0 Å². The van der Waals surface area contributed by atoms with Crippen LogP contribution in [0.1, 0.15) is 27.4 Å². The number of nitriles is 1. The summed E-state index contributed by atoms with van der Waals surface area (Å²) in [7, 11) is 0. The maximum absolute atomic E-state index is 12.5. The van der Waals surface area contributed by atoms with Gasteiger partial charge in [-0.2, -0.15) is 5.26 Å². The van der Waals surface area contributed by atoms with Crippen molar-refractivity contribution in [1.82, 2.24) is 0 Å². The van der Waals surface area contributed by atoms with E-state index in [1.807, 2.05) is 19.1 Å². The molecule has 0 aromatic heterocycles. The third-order valence-corrected chi connectivity index (χ3v) is 3.81. The number of carbonyl (C=O) groups is 1. The molecule has 0 spiro atoms. The van der Waals surface area contributed by atoms with Crippen LogP contribution in [0.25, 0.3) is 0 Å². The van der Waals surface area contributed by atoms with E-state index in [0.717, 1.165) is 10.0 Å². The average Bonchev–Trinajstić information content (AvgIpc) is 2.41. The van der Waals surface area contributed by atoms with Crippen LogP contribution in [0.15, 0.2) is 46.9 Å². The Morgan fingerprint density at radius 3 is 2.45 bits per heavy atom. The third kappa shape index (κ3) is 3.09. The maximum atomic E-state index is 12.5. The summed E-state index contributed by atoms with van der Waals surface area (Å²) >= 11 is 9.22. The molecule has 0 fully saturated rings. The van der Waals surface area contributed by atoms with E-state index in [4.69, 9.17) is 11.6 Å². The summed E-state index contributed by atoms with van der Waals surface area (Å²) in [5.41, 5.74) is 2.00. The maximum Gasteiger partial charge on any atom is 0.184 e. The summed E-state index contributed by atoms with van der Waals surface area (Å²) in [6, 6.07) is 14.3. The Hall–Kier alpha value is -1.63. The molecule has 0 amide bonds. The number of benzene rings is 2. The Labute approximate surface area is 131 Å². The zero-order valence-corrected chi connectivity index (χ0v) is 13.1. The third-order valence-electron chi connectivity index (χ3n) is 3.05. The van der Waals surface area contributed by atoms with Gasteiger partial charge >= 0.3 is 0 Å². The first-order valence-electron chi connectivity index (χ1n) is 5.98. The van der Waals surface area contributed by atoms with Crippen LogP contribution in [-0.4, -0.2) is 5.78 Å². The highest BCUT2D eigenvalue weighted by Gasteiger charge is 2.23. The van der Waals surface area contributed by atoms with Gasteiger partial charge < -0.3 is 0 Å². The summed E-state index contributed by atoms with van der Waals surface area (Å²) in [5.74, 6) is -1.01. The fourth-order valence-electron chi connectivity index (χ4n) is 2.00. The molecule has 2 nitrogen and oxygen atoms in total. The van der Waals surface area contributed by atoms with E-state index in [1.165, 1.54) is 0 Å². The van der Waals surface area contributed by atoms with Gasteiger partial charge in [-0.05, 0) is 48.4 Å². The molecular weight excluding hydrogens is 338 g/mol. The summed E-state index contributed by atoms with van der Waals surface area (Å²) in [4.78, 5) is 12.5. The minimum absolute atomic E-state index is 0.205. The molecule has 2 rings (SSSR count). The van der Waals surface area contributed by atoms with Crippen LogP contribution in [0, 0.1) is 18.3 Å². The average molecular weight is 349 g/mol. The molecule has 20 heavy (non-hydrogen) atoms. The highest BCUT2D eigenvalue weighted by atomic mass is 79.9. The molecule has 0 aliphatic carbocycles. The molecule has 0 saturated carbocycles. The second-order valence-electron chi connectivity index (χ2n) is 4.44. The Kier molecular flexibility index (Phi) is 4.59. The minimum atomic E-state index is -0.803. The molecule has 0 aliphatic heterocycles. The van der Waals surface area contributed by atoms with Crippen molar-refractivity contribution in [3.63, 3.8) is 0 Å². The van der Waals surface area contributed by atoms with Crippen molar-refractivity contribution >= 4 is 33.3 Å². The fraction of sp³-hybridized carbons (Fsp3) is 0.125. The largest absolute Gasteiger partial charge is 0.292 e. The number of rotatable bonds is 3. The van der Waals surface area contributed by atoms with Gasteiger partial charge in [-0.3, -0.25) is 4.79 Å². The molecule has 2 aromatic carbocycles. The molecule has 0 N–H and O–H groups in total. The monoisotopic (exact) mass is 347 g/mol. The zero-order chi connectivity index (χ0) is 14.7. The van der Waals surface area contributed by atoms with Crippen molar-refractivity contribution in [2.45, 2.75) is 12.8 Å². The molecule has 0 heterocycles. The van der Waals surface area contributed by atoms with Gasteiger partial charge in [0.15, 0.2) is 5.78 Å². The van der Waals surface area contributed by atoms with Crippen LogP contribution in [0.3, 0.4) is 0 Å². The molecule has 0 saturated heterocycles. The zero-order valence-electron chi connectivity index (χ0n) is 10.7. The highest BCUT2D eigenvalue weighted by Crippen LogP contribution is 2.25. The van der Waals surface area contributed by atoms with Crippen LogP contribution in [-0.2, 0) is 0 Å². The summed E-state index contributed by atoms with van der Waals surface area (Å²) in [6.07, 6.45) is 0. The Morgan fingerprint density at radius 2 is 1.90 bits per heavy atom. The normalized spacial score (nSPS) is 11.7. The van der Waals surface area contributed by atoms with Crippen molar-refractivity contribution in [2.75, 3.05) is 0 Å². The molecule has 100 valence electrons. The van der Waals surface area contributed by atoms with E-state index in [0.29, 0.717) is 16.1 Å². The molecule has 1 atom stereocenters. The number of carbonyl (C=O) groups excluding carboxylic acids is 1. The van der Waals surface area contributed by atoms with E-state index >= 15 is 0 Å². The minimum Gasteiger partial charge on any atom is -0.292 e. The number of ketones is 1. The highest BCUT2D eigenvalue weighted by molar-refractivity contribution is 9.10. The number of aryl methyl sites for hydroxylation is 1. The molecule has 2 aromatic rings. The Bertz CT molecular complexity index is 689. The van der Waals surface area contributed by atoms with E-state index < -0.39 is 5.92 Å².